The standard InChI is InChI=1S/C23H17ClF2N2O3S/c24-16-7-12-8-20(22(16)29)32(31)28-19-9-15(17(25)10-18(19)26)13-3-1-2-4-14(13)21(11-5-6-11)27-23(12)30/h1-4,7-11,21,28-29H,5-6H2,(H,27,30). The Kier molecular flexibility index (Phi) is 5.14. The molecule has 3 aromatic rings. The summed E-state index contributed by atoms with van der Waals surface area (Å²) >= 11 is 6.08. The highest BCUT2D eigenvalue weighted by atomic mass is 35.5. The van der Waals surface area contributed by atoms with E-state index in [1.54, 1.807) is 18.2 Å². The van der Waals surface area contributed by atoms with Crippen LogP contribution >= 0.6 is 11.6 Å². The van der Waals surface area contributed by atoms with Gasteiger partial charge >= 0.3 is 0 Å². The minimum absolute atomic E-state index is 0.0960. The van der Waals surface area contributed by atoms with Crippen LogP contribution in [0.3, 0.4) is 0 Å². The first kappa shape index (κ1) is 20.9. The lowest BCUT2D eigenvalue weighted by molar-refractivity contribution is 0.0931. The molecule has 1 fully saturated rings. The summed E-state index contributed by atoms with van der Waals surface area (Å²) in [5.74, 6) is -2.54. The largest absolute Gasteiger partial charge is 0.505 e. The number of anilines is 1. The third-order valence-corrected chi connectivity index (χ3v) is 7.12. The molecule has 3 N–H and O–H groups in total. The molecule has 4 bridgehead atoms. The Morgan fingerprint density at radius 3 is 2.53 bits per heavy atom. The molecule has 5 nitrogen and oxygen atoms in total. The van der Waals surface area contributed by atoms with Gasteiger partial charge in [0, 0.05) is 17.2 Å². The molecule has 1 saturated carbocycles. The summed E-state index contributed by atoms with van der Waals surface area (Å²) in [7, 11) is -2.18. The highest BCUT2D eigenvalue weighted by Crippen LogP contribution is 2.45. The first-order chi connectivity index (χ1) is 15.3. The molecule has 0 spiro atoms. The Bertz CT molecular complexity index is 1300. The maximum absolute atomic E-state index is 14.9. The molecule has 9 heteroatoms. The Labute approximate surface area is 190 Å². The zero-order valence-electron chi connectivity index (χ0n) is 16.5. The molecule has 1 aliphatic carbocycles. The van der Waals surface area contributed by atoms with Crippen LogP contribution in [0.2, 0.25) is 5.02 Å². The van der Waals surface area contributed by atoms with Crippen LogP contribution in [0.25, 0.3) is 11.1 Å². The molecule has 1 amide bonds. The topological polar surface area (TPSA) is 78.4 Å². The summed E-state index contributed by atoms with van der Waals surface area (Å²) in [4.78, 5) is 12.9. The summed E-state index contributed by atoms with van der Waals surface area (Å²) in [5, 5.41) is 13.1. The fraction of sp³-hybridized carbons (Fsp3) is 0.174. The van der Waals surface area contributed by atoms with Gasteiger partial charge < -0.3 is 10.4 Å². The smallest absolute Gasteiger partial charge is 0.251 e. The van der Waals surface area contributed by atoms with E-state index in [-0.39, 0.29) is 32.7 Å². The fourth-order valence-electron chi connectivity index (χ4n) is 3.95. The van der Waals surface area contributed by atoms with Crippen LogP contribution in [-0.4, -0.2) is 15.2 Å². The summed E-state index contributed by atoms with van der Waals surface area (Å²) in [6.07, 6.45) is 1.78. The number of phenolic OH excluding ortho intramolecular Hbond substituents is 1. The van der Waals surface area contributed by atoms with Crippen molar-refractivity contribution in [1.82, 2.24) is 5.32 Å². The lowest BCUT2D eigenvalue weighted by Crippen LogP contribution is -2.30. The maximum atomic E-state index is 14.9. The summed E-state index contributed by atoms with van der Waals surface area (Å²) in [6, 6.07) is 11.1. The average Bonchev–Trinajstić information content (AvgIpc) is 3.60. The van der Waals surface area contributed by atoms with Gasteiger partial charge in [0.1, 0.15) is 16.5 Å². The van der Waals surface area contributed by atoms with Gasteiger partial charge in [-0.15, -0.1) is 0 Å². The Hall–Kier alpha value is -2.97. The number of hydrogen-bond donors (Lipinski definition) is 3. The quantitative estimate of drug-likeness (QED) is 0.446. The summed E-state index contributed by atoms with van der Waals surface area (Å²) in [5.41, 5.74) is 1.19. The number of halogens is 3. The van der Waals surface area contributed by atoms with Crippen molar-refractivity contribution in [2.24, 2.45) is 5.92 Å². The second-order valence-electron chi connectivity index (χ2n) is 7.86. The van der Waals surface area contributed by atoms with E-state index >= 15 is 0 Å². The van der Waals surface area contributed by atoms with Crippen molar-refractivity contribution in [3.63, 3.8) is 0 Å². The molecule has 1 heterocycles. The number of phenols is 1. The van der Waals surface area contributed by atoms with E-state index in [4.69, 9.17) is 11.6 Å². The molecule has 2 atom stereocenters. The molecule has 0 radical (unpaired) electrons. The predicted molar refractivity (Wildman–Crippen MR) is 118 cm³/mol. The molecule has 2 aliphatic rings. The van der Waals surface area contributed by atoms with E-state index in [1.165, 1.54) is 18.2 Å². The number of rotatable bonds is 1. The lowest BCUT2D eigenvalue weighted by atomic mass is 9.91. The third kappa shape index (κ3) is 3.63. The molecule has 1 aliphatic heterocycles. The van der Waals surface area contributed by atoms with Crippen LogP contribution < -0.4 is 10.0 Å². The maximum Gasteiger partial charge on any atom is 0.251 e. The molecule has 5 rings (SSSR count). The van der Waals surface area contributed by atoms with Gasteiger partial charge in [0.2, 0.25) is 0 Å². The van der Waals surface area contributed by atoms with Crippen molar-refractivity contribution in [2.75, 3.05) is 4.72 Å². The Balaban J connectivity index is 1.77. The number of benzene rings is 3. The zero-order chi connectivity index (χ0) is 22.6. The zero-order valence-corrected chi connectivity index (χ0v) is 18.1. The molecular formula is C23H17ClF2N2O3S. The van der Waals surface area contributed by atoms with Gasteiger partial charge in [-0.3, -0.25) is 9.52 Å². The lowest BCUT2D eigenvalue weighted by Gasteiger charge is -2.22. The van der Waals surface area contributed by atoms with Crippen LogP contribution in [0, 0.1) is 17.6 Å². The predicted octanol–water partition coefficient (Wildman–Crippen LogP) is 5.32. The number of hydrogen-bond acceptors (Lipinski definition) is 3. The minimum Gasteiger partial charge on any atom is -0.505 e. The average molecular weight is 475 g/mol. The molecular weight excluding hydrogens is 458 g/mol. The normalized spacial score (nSPS) is 20.2. The molecule has 0 aromatic heterocycles. The molecule has 3 aromatic carbocycles. The van der Waals surface area contributed by atoms with Crippen LogP contribution in [-0.2, 0) is 11.0 Å². The van der Waals surface area contributed by atoms with Crippen LogP contribution in [0.15, 0.2) is 53.4 Å². The summed E-state index contributed by atoms with van der Waals surface area (Å²) in [6.45, 7) is 0. The van der Waals surface area contributed by atoms with Crippen LogP contribution in [0.5, 0.6) is 5.75 Å². The van der Waals surface area contributed by atoms with Crippen molar-refractivity contribution in [1.29, 1.82) is 0 Å². The Morgan fingerprint density at radius 2 is 1.78 bits per heavy atom. The van der Waals surface area contributed by atoms with Crippen molar-refractivity contribution in [2.45, 2.75) is 23.8 Å². The highest BCUT2D eigenvalue weighted by molar-refractivity contribution is 7.86. The van der Waals surface area contributed by atoms with Crippen LogP contribution in [0.4, 0.5) is 14.5 Å². The molecule has 2 unspecified atom stereocenters. The number of aromatic hydroxyl groups is 1. The van der Waals surface area contributed by atoms with Gasteiger partial charge in [-0.2, -0.15) is 0 Å². The third-order valence-electron chi connectivity index (χ3n) is 5.72. The van der Waals surface area contributed by atoms with E-state index in [0.29, 0.717) is 11.1 Å². The number of carbonyl (C=O) groups is 1. The van der Waals surface area contributed by atoms with E-state index in [2.05, 4.69) is 10.0 Å². The first-order valence-corrected chi connectivity index (χ1v) is 11.5. The highest BCUT2D eigenvalue weighted by Gasteiger charge is 2.36. The number of fused-ring (bicyclic) bond motifs is 6. The molecule has 164 valence electrons. The van der Waals surface area contributed by atoms with Gasteiger partial charge in [-0.05, 0) is 48.1 Å². The van der Waals surface area contributed by atoms with Crippen molar-refractivity contribution >= 4 is 34.2 Å². The van der Waals surface area contributed by atoms with E-state index in [1.807, 2.05) is 6.07 Å². The number of amides is 1. The second-order valence-corrected chi connectivity index (χ2v) is 9.45. The van der Waals surface area contributed by atoms with Crippen LogP contribution in [0.1, 0.15) is 34.8 Å². The van der Waals surface area contributed by atoms with Crippen molar-refractivity contribution < 1.29 is 22.9 Å². The number of nitrogens with one attached hydrogen (secondary N) is 2. The van der Waals surface area contributed by atoms with Gasteiger partial charge in [0.25, 0.3) is 5.91 Å². The first-order valence-electron chi connectivity index (χ1n) is 9.93. The second kappa shape index (κ2) is 7.86. The number of carbonyl (C=O) groups excluding carboxylic acids is 1. The van der Waals surface area contributed by atoms with Gasteiger partial charge in [-0.25, -0.2) is 13.0 Å². The molecule has 0 saturated heterocycles. The fourth-order valence-corrected chi connectivity index (χ4v) is 5.21. The van der Waals surface area contributed by atoms with E-state index < -0.39 is 40.3 Å². The van der Waals surface area contributed by atoms with Gasteiger partial charge in [0.05, 0.1) is 16.8 Å². The monoisotopic (exact) mass is 474 g/mol. The summed E-state index contributed by atoms with van der Waals surface area (Å²) < 4.78 is 44.8. The van der Waals surface area contributed by atoms with E-state index in [0.717, 1.165) is 18.9 Å². The molecule has 32 heavy (non-hydrogen) atoms. The Morgan fingerprint density at radius 1 is 1.03 bits per heavy atom. The minimum atomic E-state index is -2.18. The van der Waals surface area contributed by atoms with Gasteiger partial charge in [0.15, 0.2) is 16.7 Å². The van der Waals surface area contributed by atoms with Gasteiger partial charge in [-0.1, -0.05) is 35.9 Å². The van der Waals surface area contributed by atoms with Crippen molar-refractivity contribution in [3.8, 4) is 16.9 Å². The van der Waals surface area contributed by atoms with E-state index in [9.17, 15) is 22.9 Å². The van der Waals surface area contributed by atoms with Crippen molar-refractivity contribution in [3.05, 3.63) is 76.3 Å². The SMILES string of the molecule is O=C1NC(C2CC2)c2ccccc2-c2cc(c(F)cc2F)NS(=O)c2cc1cc(Cl)c2O.